The number of allylic oxidation sites excluding steroid dienone is 1. The maximum atomic E-state index is 13.0. The van der Waals surface area contributed by atoms with Gasteiger partial charge in [0.25, 0.3) is 0 Å². The lowest BCUT2D eigenvalue weighted by Gasteiger charge is -2.18. The molecule has 0 N–H and O–H groups in total. The van der Waals surface area contributed by atoms with Gasteiger partial charge in [0.15, 0.2) is 5.43 Å². The Kier molecular flexibility index (Phi) is 4.13. The van der Waals surface area contributed by atoms with Gasteiger partial charge in [0.1, 0.15) is 11.3 Å². The molecule has 3 aromatic rings. The van der Waals surface area contributed by atoms with Gasteiger partial charge in [-0.1, -0.05) is 6.07 Å². The summed E-state index contributed by atoms with van der Waals surface area (Å²) in [6, 6.07) is 8.65. The number of methoxy groups -OCH3 is 1. The molecule has 5 nitrogen and oxygen atoms in total. The highest BCUT2D eigenvalue weighted by molar-refractivity contribution is 5.94. The molecule has 2 aromatic heterocycles. The van der Waals surface area contributed by atoms with E-state index in [4.69, 9.17) is 9.15 Å². The number of carbonyl (C=O) groups is 1. The molecule has 1 aliphatic carbocycles. The maximum Gasteiger partial charge on any atom is 0.337 e. The largest absolute Gasteiger partial charge is 0.465 e. The molecule has 0 unspecified atom stereocenters. The monoisotopic (exact) mass is 347 g/mol. The molecule has 4 rings (SSSR count). The van der Waals surface area contributed by atoms with E-state index in [2.05, 4.69) is 4.98 Å². The van der Waals surface area contributed by atoms with Gasteiger partial charge in [0, 0.05) is 18.0 Å². The molecule has 0 saturated heterocycles. The van der Waals surface area contributed by atoms with Gasteiger partial charge >= 0.3 is 5.97 Å². The first-order valence-corrected chi connectivity index (χ1v) is 8.46. The van der Waals surface area contributed by atoms with Crippen LogP contribution < -0.4 is 5.43 Å². The second-order valence-electron chi connectivity index (χ2n) is 6.25. The van der Waals surface area contributed by atoms with Gasteiger partial charge < -0.3 is 9.15 Å². The molecule has 26 heavy (non-hydrogen) atoms. The van der Waals surface area contributed by atoms with E-state index in [9.17, 15) is 9.59 Å². The molecule has 0 fully saturated rings. The lowest BCUT2D eigenvalue weighted by atomic mass is 9.90. The Morgan fingerprint density at radius 1 is 1.27 bits per heavy atom. The number of pyridine rings is 1. The first-order valence-electron chi connectivity index (χ1n) is 8.46. The van der Waals surface area contributed by atoms with Crippen molar-refractivity contribution >= 4 is 28.6 Å². The van der Waals surface area contributed by atoms with E-state index in [1.54, 1.807) is 30.6 Å². The van der Waals surface area contributed by atoms with E-state index in [0.29, 0.717) is 34.3 Å². The van der Waals surface area contributed by atoms with Crippen molar-refractivity contribution in [2.75, 3.05) is 7.11 Å². The number of ether oxygens (including phenoxy) is 1. The molecule has 0 amide bonds. The van der Waals surface area contributed by atoms with Gasteiger partial charge in [-0.05, 0) is 60.7 Å². The molecule has 0 atom stereocenters. The number of nitrogens with zero attached hydrogens (tertiary/aromatic N) is 1. The van der Waals surface area contributed by atoms with Crippen molar-refractivity contribution in [3.63, 3.8) is 0 Å². The van der Waals surface area contributed by atoms with Crippen LogP contribution in [0.15, 0.2) is 51.9 Å². The average molecular weight is 347 g/mol. The lowest BCUT2D eigenvalue weighted by molar-refractivity contribution is 0.0601. The Morgan fingerprint density at radius 2 is 2.15 bits per heavy atom. The van der Waals surface area contributed by atoms with Crippen LogP contribution in [0.5, 0.6) is 0 Å². The first-order chi connectivity index (χ1) is 12.7. The van der Waals surface area contributed by atoms with E-state index < -0.39 is 5.97 Å². The van der Waals surface area contributed by atoms with Gasteiger partial charge in [-0.15, -0.1) is 0 Å². The van der Waals surface area contributed by atoms with Crippen LogP contribution in [-0.4, -0.2) is 18.1 Å². The van der Waals surface area contributed by atoms with Gasteiger partial charge in [0.2, 0.25) is 0 Å². The number of rotatable bonds is 2. The van der Waals surface area contributed by atoms with E-state index in [0.717, 1.165) is 24.0 Å². The number of fused-ring (bicyclic) bond motifs is 2. The predicted octanol–water partition coefficient (Wildman–Crippen LogP) is 3.85. The van der Waals surface area contributed by atoms with E-state index in [1.165, 1.54) is 7.11 Å². The maximum absolute atomic E-state index is 13.0. The van der Waals surface area contributed by atoms with Crippen LogP contribution in [0.1, 0.15) is 40.1 Å². The van der Waals surface area contributed by atoms with Crippen LogP contribution in [0, 0.1) is 0 Å². The van der Waals surface area contributed by atoms with Crippen molar-refractivity contribution in [3.05, 3.63) is 75.4 Å². The third kappa shape index (κ3) is 2.81. The van der Waals surface area contributed by atoms with Crippen molar-refractivity contribution in [1.29, 1.82) is 0 Å². The number of hydrogen-bond acceptors (Lipinski definition) is 5. The summed E-state index contributed by atoms with van der Waals surface area (Å²) in [6.07, 6.45) is 7.91. The lowest BCUT2D eigenvalue weighted by Crippen LogP contribution is -2.16. The molecular formula is C21H17NO4. The normalized spacial score (nSPS) is 15.0. The number of benzene rings is 1. The average Bonchev–Trinajstić information content (AvgIpc) is 2.69. The summed E-state index contributed by atoms with van der Waals surface area (Å²) in [7, 11) is 1.32. The Balaban J connectivity index is 1.89. The van der Waals surface area contributed by atoms with Crippen LogP contribution in [0.25, 0.3) is 22.6 Å². The van der Waals surface area contributed by atoms with Crippen LogP contribution in [0.2, 0.25) is 0 Å². The van der Waals surface area contributed by atoms with Crippen molar-refractivity contribution in [1.82, 2.24) is 4.98 Å². The third-order valence-corrected chi connectivity index (χ3v) is 4.60. The summed E-state index contributed by atoms with van der Waals surface area (Å²) in [5.41, 5.74) is 3.37. The van der Waals surface area contributed by atoms with E-state index in [-0.39, 0.29) is 5.43 Å². The van der Waals surface area contributed by atoms with Crippen molar-refractivity contribution in [2.45, 2.75) is 19.3 Å². The van der Waals surface area contributed by atoms with Crippen LogP contribution >= 0.6 is 0 Å². The number of carbonyl (C=O) groups excluding carboxylic acids is 1. The highest BCUT2D eigenvalue weighted by Gasteiger charge is 2.22. The number of aromatic nitrogens is 1. The standard InChI is InChI=1S/C21H17NO4/c1-25-21(24)15-7-8-18-17(11-15)19(23)16-6-2-5-14(20(16)26-18)10-13-4-3-9-22-12-13/h3-4,7-12H,2,5-6H2,1H3. The van der Waals surface area contributed by atoms with Crippen LogP contribution in [0.3, 0.4) is 0 Å². The van der Waals surface area contributed by atoms with E-state index >= 15 is 0 Å². The topological polar surface area (TPSA) is 69.4 Å². The summed E-state index contributed by atoms with van der Waals surface area (Å²) < 4.78 is 10.8. The predicted molar refractivity (Wildman–Crippen MR) is 98.9 cm³/mol. The van der Waals surface area contributed by atoms with Crippen molar-refractivity contribution in [3.8, 4) is 0 Å². The minimum absolute atomic E-state index is 0.0798. The molecule has 0 bridgehead atoms. The van der Waals surface area contributed by atoms with Gasteiger partial charge in [-0.2, -0.15) is 0 Å². The second kappa shape index (κ2) is 6.59. The molecule has 0 aliphatic heterocycles. The number of esters is 1. The molecule has 0 radical (unpaired) electrons. The highest BCUT2D eigenvalue weighted by atomic mass is 16.5. The molecule has 0 spiro atoms. The fourth-order valence-corrected chi connectivity index (χ4v) is 3.33. The highest BCUT2D eigenvalue weighted by Crippen LogP contribution is 2.33. The van der Waals surface area contributed by atoms with Gasteiger partial charge in [0.05, 0.1) is 18.1 Å². The Morgan fingerprint density at radius 3 is 2.92 bits per heavy atom. The summed E-state index contributed by atoms with van der Waals surface area (Å²) in [4.78, 5) is 28.9. The van der Waals surface area contributed by atoms with Gasteiger partial charge in [-0.25, -0.2) is 4.79 Å². The fourth-order valence-electron chi connectivity index (χ4n) is 3.33. The molecule has 5 heteroatoms. The summed E-state index contributed by atoms with van der Waals surface area (Å²) in [5.74, 6) is 0.171. The quantitative estimate of drug-likeness (QED) is 0.659. The zero-order chi connectivity index (χ0) is 18.1. The minimum atomic E-state index is -0.471. The summed E-state index contributed by atoms with van der Waals surface area (Å²) in [5, 5.41) is 0.411. The van der Waals surface area contributed by atoms with Crippen LogP contribution in [-0.2, 0) is 11.2 Å². The molecule has 130 valence electrons. The third-order valence-electron chi connectivity index (χ3n) is 4.60. The zero-order valence-electron chi connectivity index (χ0n) is 14.3. The van der Waals surface area contributed by atoms with E-state index in [1.807, 2.05) is 18.2 Å². The fraction of sp³-hybridized carbons (Fsp3) is 0.190. The molecular weight excluding hydrogens is 330 g/mol. The molecule has 1 aliphatic rings. The van der Waals surface area contributed by atoms with Crippen molar-refractivity contribution in [2.24, 2.45) is 0 Å². The Hall–Kier alpha value is -3.21. The molecule has 1 aromatic carbocycles. The van der Waals surface area contributed by atoms with Crippen molar-refractivity contribution < 1.29 is 13.9 Å². The Labute approximate surface area is 149 Å². The summed E-state index contributed by atoms with van der Waals surface area (Å²) in [6.45, 7) is 0. The van der Waals surface area contributed by atoms with Gasteiger partial charge in [-0.3, -0.25) is 9.78 Å². The second-order valence-corrected chi connectivity index (χ2v) is 6.25. The molecule has 2 heterocycles. The number of hydrogen-bond donors (Lipinski definition) is 0. The smallest absolute Gasteiger partial charge is 0.337 e. The summed E-state index contributed by atoms with van der Waals surface area (Å²) >= 11 is 0. The Bertz CT molecular complexity index is 1080. The first kappa shape index (κ1) is 16.3. The minimum Gasteiger partial charge on any atom is -0.465 e. The zero-order valence-corrected chi connectivity index (χ0v) is 14.3. The van der Waals surface area contributed by atoms with Crippen LogP contribution in [0.4, 0.5) is 0 Å². The SMILES string of the molecule is COC(=O)c1ccc2oc3c(c(=O)c2c1)CCCC3=Cc1cccnc1. The molecule has 0 saturated carbocycles.